The summed E-state index contributed by atoms with van der Waals surface area (Å²) < 4.78 is 20.9. The van der Waals surface area contributed by atoms with Crippen LogP contribution in [-0.4, -0.2) is 25.0 Å². The van der Waals surface area contributed by atoms with Gasteiger partial charge in [0.15, 0.2) is 0 Å². The van der Waals surface area contributed by atoms with E-state index in [0.717, 1.165) is 6.42 Å². The van der Waals surface area contributed by atoms with Crippen LogP contribution in [0.2, 0.25) is 0 Å². The van der Waals surface area contributed by atoms with E-state index in [4.69, 9.17) is 4.11 Å². The standard InChI is InChI=1S/C5H10N/c1-6-4-2-3-5-6/h2H,3-5H2,1H3/i1D3. The minimum Gasteiger partial charge on any atom is -0.306 e. The summed E-state index contributed by atoms with van der Waals surface area (Å²) in [6, 6.07) is 0. The van der Waals surface area contributed by atoms with Gasteiger partial charge in [-0.3, -0.25) is 0 Å². The number of rotatable bonds is 0. The molecule has 0 aromatic rings. The highest BCUT2D eigenvalue weighted by Gasteiger charge is 2.03. The second kappa shape index (κ2) is 1.61. The van der Waals surface area contributed by atoms with Crippen LogP contribution < -0.4 is 0 Å². The summed E-state index contributed by atoms with van der Waals surface area (Å²) in [6.07, 6.45) is 2.91. The van der Waals surface area contributed by atoms with Gasteiger partial charge in [0.1, 0.15) is 0 Å². The molecule has 6 heavy (non-hydrogen) atoms. The fraction of sp³-hybridized carbons (Fsp3) is 0.800. The van der Waals surface area contributed by atoms with E-state index < -0.39 is 6.98 Å². The predicted molar refractivity (Wildman–Crippen MR) is 26.4 cm³/mol. The molecule has 1 heteroatoms. The Morgan fingerprint density at radius 3 is 3.33 bits per heavy atom. The first kappa shape index (κ1) is 1.83. The van der Waals surface area contributed by atoms with E-state index in [1.54, 1.807) is 0 Å². The predicted octanol–water partition coefficient (Wildman–Crippen LogP) is 0.526. The molecule has 1 rings (SSSR count). The van der Waals surface area contributed by atoms with E-state index in [1.807, 2.05) is 6.42 Å². The zero-order valence-electron chi connectivity index (χ0n) is 6.65. The first-order chi connectivity index (χ1) is 4.11. The molecule has 1 radical (unpaired) electrons. The molecule has 0 atom stereocenters. The lowest BCUT2D eigenvalue weighted by Crippen LogP contribution is -2.10. The largest absolute Gasteiger partial charge is 0.306 e. The molecule has 0 amide bonds. The quantitative estimate of drug-likeness (QED) is 0.416. The fourth-order valence-corrected chi connectivity index (χ4v) is 0.586. The number of hydrogen-bond acceptors (Lipinski definition) is 1. The summed E-state index contributed by atoms with van der Waals surface area (Å²) in [5.74, 6) is 0. The number of likely N-dealkylation sites (tertiary alicyclic amines) is 1. The van der Waals surface area contributed by atoms with E-state index in [2.05, 4.69) is 0 Å². The molecule has 0 aromatic carbocycles. The lowest BCUT2D eigenvalue weighted by atomic mass is 10.4. The second-order valence-electron chi connectivity index (χ2n) is 1.52. The highest BCUT2D eigenvalue weighted by molar-refractivity contribution is 4.77. The summed E-state index contributed by atoms with van der Waals surface area (Å²) in [7, 11) is 0. The highest BCUT2D eigenvalue weighted by atomic mass is 15.1. The van der Waals surface area contributed by atoms with Crippen molar-refractivity contribution in [3.05, 3.63) is 6.42 Å². The maximum absolute atomic E-state index is 6.97. The van der Waals surface area contributed by atoms with E-state index in [1.165, 1.54) is 4.90 Å². The van der Waals surface area contributed by atoms with Gasteiger partial charge in [0.25, 0.3) is 0 Å². The van der Waals surface area contributed by atoms with Crippen molar-refractivity contribution in [3.63, 3.8) is 0 Å². The Labute approximate surface area is 43.2 Å². The third kappa shape index (κ3) is 0.716. The van der Waals surface area contributed by atoms with Gasteiger partial charge in [-0.25, -0.2) is 0 Å². The van der Waals surface area contributed by atoms with Gasteiger partial charge in [0, 0.05) is 10.7 Å². The third-order valence-electron chi connectivity index (χ3n) is 0.953. The molecule has 0 saturated carbocycles. The maximum Gasteiger partial charge on any atom is 0.0394 e. The number of nitrogens with zero attached hydrogens (tertiary/aromatic N) is 1. The van der Waals surface area contributed by atoms with Crippen LogP contribution in [0.3, 0.4) is 0 Å². The van der Waals surface area contributed by atoms with Gasteiger partial charge >= 0.3 is 0 Å². The second-order valence-corrected chi connectivity index (χ2v) is 1.52. The molecule has 1 aliphatic rings. The number of hydrogen-bond donors (Lipinski definition) is 0. The zero-order chi connectivity index (χ0) is 6.91. The molecular weight excluding hydrogens is 74.1 g/mol. The van der Waals surface area contributed by atoms with Crippen LogP contribution >= 0.6 is 0 Å². The molecule has 35 valence electrons. The summed E-state index contributed by atoms with van der Waals surface area (Å²) >= 11 is 0. The molecule has 1 fully saturated rings. The molecule has 1 nitrogen and oxygen atoms in total. The van der Waals surface area contributed by atoms with Crippen molar-refractivity contribution in [2.24, 2.45) is 0 Å². The Hall–Kier alpha value is -0.0400. The van der Waals surface area contributed by atoms with Crippen LogP contribution in [0.5, 0.6) is 0 Å². The minimum absolute atomic E-state index is 0.622. The van der Waals surface area contributed by atoms with Gasteiger partial charge in [0.2, 0.25) is 0 Å². The molecule has 0 aromatic heterocycles. The van der Waals surface area contributed by atoms with Crippen molar-refractivity contribution in [3.8, 4) is 0 Å². The molecule has 1 aliphatic heterocycles. The first-order valence-electron chi connectivity index (χ1n) is 3.67. The van der Waals surface area contributed by atoms with Gasteiger partial charge in [-0.05, 0) is 26.4 Å². The van der Waals surface area contributed by atoms with Crippen molar-refractivity contribution in [1.82, 2.24) is 4.90 Å². The summed E-state index contributed by atoms with van der Waals surface area (Å²) in [4.78, 5) is 1.49. The molecular formula is C5H10N. The normalized spacial score (nSPS) is 35.0. The molecule has 0 unspecified atom stereocenters. The Morgan fingerprint density at radius 1 is 2.00 bits per heavy atom. The lowest BCUT2D eigenvalue weighted by molar-refractivity contribution is 0.424. The Morgan fingerprint density at radius 2 is 3.00 bits per heavy atom. The first-order valence-corrected chi connectivity index (χ1v) is 2.17. The fourth-order valence-electron chi connectivity index (χ4n) is 0.586. The van der Waals surface area contributed by atoms with Crippen molar-refractivity contribution >= 4 is 0 Å². The molecule has 1 heterocycles. The average Bonchev–Trinajstić information content (AvgIpc) is 2.08. The van der Waals surface area contributed by atoms with E-state index >= 15 is 0 Å². The van der Waals surface area contributed by atoms with Gasteiger partial charge in [-0.1, -0.05) is 0 Å². The topological polar surface area (TPSA) is 3.24 Å². The highest BCUT2D eigenvalue weighted by Crippen LogP contribution is 2.00. The van der Waals surface area contributed by atoms with E-state index in [0.29, 0.717) is 13.1 Å². The average molecular weight is 87.2 g/mol. The van der Waals surface area contributed by atoms with Crippen LogP contribution in [-0.2, 0) is 0 Å². The Kier molecular flexibility index (Phi) is 0.489. The van der Waals surface area contributed by atoms with Crippen molar-refractivity contribution in [2.75, 3.05) is 20.1 Å². The van der Waals surface area contributed by atoms with Crippen LogP contribution in [0.4, 0.5) is 0 Å². The van der Waals surface area contributed by atoms with E-state index in [-0.39, 0.29) is 0 Å². The van der Waals surface area contributed by atoms with E-state index in [9.17, 15) is 0 Å². The third-order valence-corrected chi connectivity index (χ3v) is 0.953. The molecule has 1 saturated heterocycles. The van der Waals surface area contributed by atoms with Gasteiger partial charge in [-0.2, -0.15) is 0 Å². The molecule has 0 aliphatic carbocycles. The van der Waals surface area contributed by atoms with Crippen LogP contribution in [0.1, 0.15) is 10.5 Å². The lowest BCUT2D eigenvalue weighted by Gasteiger charge is -2.01. The van der Waals surface area contributed by atoms with Gasteiger partial charge in [0.05, 0.1) is 0 Å². The zero-order valence-corrected chi connectivity index (χ0v) is 3.65. The summed E-state index contributed by atoms with van der Waals surface area (Å²) in [5.41, 5.74) is 0. The van der Waals surface area contributed by atoms with Crippen molar-refractivity contribution in [2.45, 2.75) is 6.42 Å². The molecule has 0 N–H and O–H groups in total. The van der Waals surface area contributed by atoms with Crippen LogP contribution in [0.15, 0.2) is 0 Å². The van der Waals surface area contributed by atoms with Crippen LogP contribution in [0, 0.1) is 6.42 Å². The monoisotopic (exact) mass is 87.1 g/mol. The van der Waals surface area contributed by atoms with Crippen molar-refractivity contribution in [1.29, 1.82) is 0 Å². The van der Waals surface area contributed by atoms with Gasteiger partial charge < -0.3 is 4.90 Å². The molecule has 0 bridgehead atoms. The summed E-state index contributed by atoms with van der Waals surface area (Å²) in [5, 5.41) is 0. The van der Waals surface area contributed by atoms with Crippen LogP contribution in [0.25, 0.3) is 0 Å². The Balaban J connectivity index is 2.42. The Bertz CT molecular complexity index is 92.9. The van der Waals surface area contributed by atoms with Crippen molar-refractivity contribution < 1.29 is 4.11 Å². The molecule has 0 spiro atoms. The maximum atomic E-state index is 6.97. The SMILES string of the molecule is [2H]C([2H])([2H])N1C[CH]CC1. The smallest absolute Gasteiger partial charge is 0.0394 e. The van der Waals surface area contributed by atoms with Gasteiger partial charge in [-0.15, -0.1) is 0 Å². The summed E-state index contributed by atoms with van der Waals surface area (Å²) in [6.45, 7) is -0.556. The minimum atomic E-state index is -1.87.